The molecular weight excluding hydrogens is 166 g/mol. The lowest BCUT2D eigenvalue weighted by Gasteiger charge is -2.35. The molecule has 0 bridgehead atoms. The maximum absolute atomic E-state index is 10.8. The molecule has 1 heterocycles. The van der Waals surface area contributed by atoms with Gasteiger partial charge in [-0.15, -0.1) is 0 Å². The van der Waals surface area contributed by atoms with E-state index in [2.05, 4.69) is 19.2 Å². The van der Waals surface area contributed by atoms with Gasteiger partial charge in [-0.3, -0.25) is 4.79 Å². The van der Waals surface area contributed by atoms with E-state index < -0.39 is 5.97 Å². The highest BCUT2D eigenvalue weighted by atomic mass is 16.4. The molecule has 13 heavy (non-hydrogen) atoms. The predicted octanol–water partition coefficient (Wildman–Crippen LogP) is 1.48. The predicted molar refractivity (Wildman–Crippen MR) is 51.6 cm³/mol. The summed E-state index contributed by atoms with van der Waals surface area (Å²) < 4.78 is 0. The van der Waals surface area contributed by atoms with E-state index in [1.165, 1.54) is 0 Å². The van der Waals surface area contributed by atoms with Gasteiger partial charge in [-0.2, -0.15) is 0 Å². The molecule has 0 amide bonds. The Morgan fingerprint density at radius 1 is 1.46 bits per heavy atom. The second-order valence-corrected chi connectivity index (χ2v) is 4.33. The van der Waals surface area contributed by atoms with Gasteiger partial charge in [-0.25, -0.2) is 0 Å². The van der Waals surface area contributed by atoms with E-state index in [-0.39, 0.29) is 12.0 Å². The van der Waals surface area contributed by atoms with E-state index in [1.807, 2.05) is 6.92 Å². The van der Waals surface area contributed by atoms with Gasteiger partial charge >= 0.3 is 5.97 Å². The highest BCUT2D eigenvalue weighted by Gasteiger charge is 2.32. The third-order valence-electron chi connectivity index (χ3n) is 2.99. The molecule has 0 spiro atoms. The standard InChI is InChI=1S/C10H19NO2/c1-6(2)9-5-4-8(10(12)13)7(3)11-9/h6-9,11H,4-5H2,1-3H3,(H,12,13). The molecule has 1 aliphatic rings. The summed E-state index contributed by atoms with van der Waals surface area (Å²) in [4.78, 5) is 10.8. The van der Waals surface area contributed by atoms with Crippen LogP contribution in [-0.4, -0.2) is 23.2 Å². The maximum atomic E-state index is 10.8. The molecule has 0 aromatic heterocycles. The van der Waals surface area contributed by atoms with Crippen LogP contribution >= 0.6 is 0 Å². The molecule has 3 heteroatoms. The van der Waals surface area contributed by atoms with Gasteiger partial charge in [0.05, 0.1) is 5.92 Å². The van der Waals surface area contributed by atoms with Crippen molar-refractivity contribution in [3.8, 4) is 0 Å². The fourth-order valence-corrected chi connectivity index (χ4v) is 2.01. The molecular formula is C10H19NO2. The Hall–Kier alpha value is -0.570. The van der Waals surface area contributed by atoms with Crippen molar-refractivity contribution >= 4 is 5.97 Å². The lowest BCUT2D eigenvalue weighted by Crippen LogP contribution is -2.50. The number of hydrogen-bond acceptors (Lipinski definition) is 2. The van der Waals surface area contributed by atoms with Crippen LogP contribution in [0, 0.1) is 11.8 Å². The second-order valence-electron chi connectivity index (χ2n) is 4.33. The van der Waals surface area contributed by atoms with Crippen LogP contribution in [0.4, 0.5) is 0 Å². The molecule has 1 saturated heterocycles. The van der Waals surface area contributed by atoms with Crippen molar-refractivity contribution in [1.82, 2.24) is 5.32 Å². The molecule has 0 aromatic rings. The molecule has 3 nitrogen and oxygen atoms in total. The zero-order valence-electron chi connectivity index (χ0n) is 8.58. The van der Waals surface area contributed by atoms with Gasteiger partial charge in [0.1, 0.15) is 0 Å². The normalized spacial score (nSPS) is 34.9. The summed E-state index contributed by atoms with van der Waals surface area (Å²) in [5.41, 5.74) is 0. The van der Waals surface area contributed by atoms with Gasteiger partial charge in [0, 0.05) is 12.1 Å². The maximum Gasteiger partial charge on any atom is 0.308 e. The van der Waals surface area contributed by atoms with Crippen LogP contribution in [0.15, 0.2) is 0 Å². The quantitative estimate of drug-likeness (QED) is 0.685. The van der Waals surface area contributed by atoms with E-state index >= 15 is 0 Å². The first kappa shape index (κ1) is 10.5. The van der Waals surface area contributed by atoms with Crippen LogP contribution in [0.3, 0.4) is 0 Å². The number of carbonyl (C=O) groups is 1. The summed E-state index contributed by atoms with van der Waals surface area (Å²) in [5, 5.41) is 12.3. The Labute approximate surface area is 79.5 Å². The number of piperidine rings is 1. The van der Waals surface area contributed by atoms with Crippen molar-refractivity contribution in [2.24, 2.45) is 11.8 Å². The third-order valence-corrected chi connectivity index (χ3v) is 2.99. The van der Waals surface area contributed by atoms with E-state index in [1.54, 1.807) is 0 Å². The SMILES string of the molecule is CC(C)C1CCC(C(=O)O)C(C)N1. The number of rotatable bonds is 2. The molecule has 0 saturated carbocycles. The highest BCUT2D eigenvalue weighted by molar-refractivity contribution is 5.71. The molecule has 0 radical (unpaired) electrons. The average molecular weight is 185 g/mol. The van der Waals surface area contributed by atoms with Gasteiger partial charge in [0.25, 0.3) is 0 Å². The third kappa shape index (κ3) is 2.44. The monoisotopic (exact) mass is 185 g/mol. The summed E-state index contributed by atoms with van der Waals surface area (Å²) in [7, 11) is 0. The molecule has 1 rings (SSSR count). The first-order valence-electron chi connectivity index (χ1n) is 5.01. The summed E-state index contributed by atoms with van der Waals surface area (Å²) in [6, 6.07) is 0.601. The lowest BCUT2D eigenvalue weighted by atomic mass is 9.84. The van der Waals surface area contributed by atoms with Gasteiger partial charge in [-0.05, 0) is 25.7 Å². The molecule has 3 atom stereocenters. The van der Waals surface area contributed by atoms with Crippen LogP contribution in [0.5, 0.6) is 0 Å². The smallest absolute Gasteiger partial charge is 0.308 e. The first-order chi connectivity index (χ1) is 6.02. The molecule has 1 aliphatic heterocycles. The molecule has 76 valence electrons. The minimum atomic E-state index is -0.665. The van der Waals surface area contributed by atoms with Crippen molar-refractivity contribution in [3.63, 3.8) is 0 Å². The van der Waals surface area contributed by atoms with Crippen LogP contribution in [0.2, 0.25) is 0 Å². The van der Waals surface area contributed by atoms with Gasteiger partial charge in [-0.1, -0.05) is 13.8 Å². The zero-order valence-corrected chi connectivity index (χ0v) is 8.58. The Bertz CT molecular complexity index is 191. The topological polar surface area (TPSA) is 49.3 Å². The fraction of sp³-hybridized carbons (Fsp3) is 0.900. The van der Waals surface area contributed by atoms with E-state index in [0.29, 0.717) is 12.0 Å². The number of carboxylic acid groups (broad SMARTS) is 1. The van der Waals surface area contributed by atoms with Gasteiger partial charge in [0.2, 0.25) is 0 Å². The summed E-state index contributed by atoms with van der Waals surface area (Å²) in [6.45, 7) is 6.31. The Balaban J connectivity index is 2.51. The van der Waals surface area contributed by atoms with Gasteiger partial charge < -0.3 is 10.4 Å². The summed E-state index contributed by atoms with van der Waals surface area (Å²) in [6.07, 6.45) is 1.80. The van der Waals surface area contributed by atoms with Crippen LogP contribution in [-0.2, 0) is 4.79 Å². The van der Waals surface area contributed by atoms with Crippen LogP contribution in [0.1, 0.15) is 33.6 Å². The molecule has 0 aromatic carbocycles. The Kier molecular flexibility index (Phi) is 3.31. The molecule has 1 fully saturated rings. The minimum absolute atomic E-state index is 0.110. The molecule has 3 unspecified atom stereocenters. The second kappa shape index (κ2) is 4.09. The van der Waals surface area contributed by atoms with Crippen molar-refractivity contribution in [2.45, 2.75) is 45.7 Å². The Morgan fingerprint density at radius 2 is 2.08 bits per heavy atom. The van der Waals surface area contributed by atoms with E-state index in [4.69, 9.17) is 5.11 Å². The number of aliphatic carboxylic acids is 1. The summed E-state index contributed by atoms with van der Waals surface area (Å²) in [5.74, 6) is -0.269. The fourth-order valence-electron chi connectivity index (χ4n) is 2.01. The van der Waals surface area contributed by atoms with Crippen molar-refractivity contribution in [1.29, 1.82) is 0 Å². The largest absolute Gasteiger partial charge is 0.481 e. The van der Waals surface area contributed by atoms with Crippen LogP contribution in [0.25, 0.3) is 0 Å². The number of carboxylic acids is 1. The van der Waals surface area contributed by atoms with E-state index in [9.17, 15) is 4.79 Å². The van der Waals surface area contributed by atoms with Crippen molar-refractivity contribution in [3.05, 3.63) is 0 Å². The highest BCUT2D eigenvalue weighted by Crippen LogP contribution is 2.23. The minimum Gasteiger partial charge on any atom is -0.481 e. The molecule has 2 N–H and O–H groups in total. The van der Waals surface area contributed by atoms with Gasteiger partial charge in [0.15, 0.2) is 0 Å². The van der Waals surface area contributed by atoms with Crippen molar-refractivity contribution < 1.29 is 9.90 Å². The van der Waals surface area contributed by atoms with E-state index in [0.717, 1.165) is 12.8 Å². The number of nitrogens with one attached hydrogen (secondary N) is 1. The first-order valence-corrected chi connectivity index (χ1v) is 5.01. The Morgan fingerprint density at radius 3 is 2.46 bits per heavy atom. The molecule has 0 aliphatic carbocycles. The van der Waals surface area contributed by atoms with Crippen molar-refractivity contribution in [2.75, 3.05) is 0 Å². The summed E-state index contributed by atoms with van der Waals surface area (Å²) >= 11 is 0. The average Bonchev–Trinajstić information content (AvgIpc) is 2.03. The van der Waals surface area contributed by atoms with Crippen LogP contribution < -0.4 is 5.32 Å². The number of hydrogen-bond donors (Lipinski definition) is 2. The zero-order chi connectivity index (χ0) is 10.0. The lowest BCUT2D eigenvalue weighted by molar-refractivity contribution is -0.143.